The van der Waals surface area contributed by atoms with E-state index in [1.165, 1.54) is 18.6 Å². The number of anilines is 1. The topological polar surface area (TPSA) is 32.3 Å². The average Bonchev–Trinajstić information content (AvgIpc) is 2.62. The van der Waals surface area contributed by atoms with Crippen molar-refractivity contribution in [3.63, 3.8) is 0 Å². The van der Waals surface area contributed by atoms with Gasteiger partial charge in [-0.15, -0.1) is 0 Å². The van der Waals surface area contributed by atoms with E-state index in [1.54, 1.807) is 6.07 Å². The van der Waals surface area contributed by atoms with Crippen molar-refractivity contribution in [2.45, 2.75) is 57.2 Å². The molecule has 25 heavy (non-hydrogen) atoms. The summed E-state index contributed by atoms with van der Waals surface area (Å²) in [6.07, 6.45) is 2.90. The predicted molar refractivity (Wildman–Crippen MR) is 91.4 cm³/mol. The summed E-state index contributed by atoms with van der Waals surface area (Å²) in [5.74, 6) is -0.0891. The maximum Gasteiger partial charge on any atom is 0.416 e. The molecule has 0 radical (unpaired) electrons. The number of hydrogen-bond acceptors (Lipinski definition) is 2. The van der Waals surface area contributed by atoms with Gasteiger partial charge in [0, 0.05) is 24.8 Å². The molecule has 1 heterocycles. The molecule has 1 aromatic carbocycles. The molecule has 2 aliphatic rings. The van der Waals surface area contributed by atoms with Crippen LogP contribution in [0.25, 0.3) is 0 Å². The van der Waals surface area contributed by atoms with Crippen molar-refractivity contribution in [1.82, 2.24) is 5.32 Å². The standard InChI is InChI=1S/C19H25F3N2O/c20-19(21,22)15-7-4-10-17(12-15)24-11-5-6-14(13-24)18(25)23-16-8-2-1-3-9-16/h4,7,10,12,14,16H,1-3,5-6,8-9,11,13H2,(H,23,25). The zero-order valence-corrected chi connectivity index (χ0v) is 14.3. The highest BCUT2D eigenvalue weighted by Crippen LogP contribution is 2.33. The number of amides is 1. The molecule has 2 fully saturated rings. The van der Waals surface area contributed by atoms with E-state index in [9.17, 15) is 18.0 Å². The van der Waals surface area contributed by atoms with Crippen molar-refractivity contribution in [3.05, 3.63) is 29.8 Å². The third-order valence-corrected chi connectivity index (χ3v) is 5.28. The second-order valence-corrected chi connectivity index (χ2v) is 7.18. The largest absolute Gasteiger partial charge is 0.416 e. The van der Waals surface area contributed by atoms with Crippen LogP contribution in [0.4, 0.5) is 18.9 Å². The molecule has 1 saturated carbocycles. The van der Waals surface area contributed by atoms with Gasteiger partial charge in [-0.25, -0.2) is 0 Å². The van der Waals surface area contributed by atoms with E-state index in [4.69, 9.17) is 0 Å². The van der Waals surface area contributed by atoms with Gasteiger partial charge in [0.2, 0.25) is 5.91 Å². The lowest BCUT2D eigenvalue weighted by molar-refractivity contribution is -0.137. The molecule has 0 spiro atoms. The number of rotatable bonds is 3. The summed E-state index contributed by atoms with van der Waals surface area (Å²) in [6.45, 7) is 1.17. The molecule has 1 saturated heterocycles. The molecule has 1 aliphatic heterocycles. The lowest BCUT2D eigenvalue weighted by atomic mass is 9.92. The Morgan fingerprint density at radius 2 is 1.84 bits per heavy atom. The summed E-state index contributed by atoms with van der Waals surface area (Å²) in [4.78, 5) is 14.5. The van der Waals surface area contributed by atoms with E-state index in [2.05, 4.69) is 5.32 Å². The number of hydrogen-bond donors (Lipinski definition) is 1. The summed E-state index contributed by atoms with van der Waals surface area (Å²) in [5.41, 5.74) is -0.0937. The fourth-order valence-corrected chi connectivity index (χ4v) is 3.87. The lowest BCUT2D eigenvalue weighted by Gasteiger charge is -2.35. The highest BCUT2D eigenvalue weighted by Gasteiger charge is 2.32. The molecule has 3 nitrogen and oxygen atoms in total. The highest BCUT2D eigenvalue weighted by atomic mass is 19.4. The normalized spacial score (nSPS) is 22.7. The molecule has 6 heteroatoms. The second kappa shape index (κ2) is 7.67. The first kappa shape index (κ1) is 18.1. The van der Waals surface area contributed by atoms with Gasteiger partial charge >= 0.3 is 6.18 Å². The Bertz CT molecular complexity index is 597. The Balaban J connectivity index is 1.63. The highest BCUT2D eigenvalue weighted by molar-refractivity contribution is 5.80. The number of alkyl halides is 3. The Labute approximate surface area is 146 Å². The monoisotopic (exact) mass is 354 g/mol. The van der Waals surface area contributed by atoms with Gasteiger partial charge in [-0.2, -0.15) is 13.2 Å². The van der Waals surface area contributed by atoms with Crippen molar-refractivity contribution in [2.75, 3.05) is 18.0 Å². The zero-order valence-electron chi connectivity index (χ0n) is 14.3. The van der Waals surface area contributed by atoms with E-state index in [-0.39, 0.29) is 17.9 Å². The van der Waals surface area contributed by atoms with Crippen LogP contribution in [0.5, 0.6) is 0 Å². The predicted octanol–water partition coefficient (Wildman–Crippen LogP) is 4.37. The minimum atomic E-state index is -4.34. The first-order chi connectivity index (χ1) is 11.9. The zero-order chi connectivity index (χ0) is 17.9. The van der Waals surface area contributed by atoms with E-state index in [1.807, 2.05) is 4.90 Å². The molecule has 1 aliphatic carbocycles. The van der Waals surface area contributed by atoms with Crippen molar-refractivity contribution in [3.8, 4) is 0 Å². The van der Waals surface area contributed by atoms with Crippen LogP contribution in [-0.4, -0.2) is 25.0 Å². The number of halogens is 3. The quantitative estimate of drug-likeness (QED) is 0.874. The molecule has 1 aromatic rings. The number of piperidine rings is 1. The van der Waals surface area contributed by atoms with Crippen molar-refractivity contribution in [1.29, 1.82) is 0 Å². The summed E-state index contributed by atoms with van der Waals surface area (Å²) in [7, 11) is 0. The molecule has 0 bridgehead atoms. The third-order valence-electron chi connectivity index (χ3n) is 5.28. The number of carbonyl (C=O) groups is 1. The van der Waals surface area contributed by atoms with E-state index < -0.39 is 11.7 Å². The van der Waals surface area contributed by atoms with E-state index >= 15 is 0 Å². The van der Waals surface area contributed by atoms with Crippen LogP contribution in [0, 0.1) is 5.92 Å². The van der Waals surface area contributed by atoms with Crippen LogP contribution in [0.2, 0.25) is 0 Å². The van der Waals surface area contributed by atoms with Crippen LogP contribution in [0.15, 0.2) is 24.3 Å². The second-order valence-electron chi connectivity index (χ2n) is 7.18. The van der Waals surface area contributed by atoms with Crippen LogP contribution >= 0.6 is 0 Å². The van der Waals surface area contributed by atoms with Gasteiger partial charge in [-0.3, -0.25) is 4.79 Å². The summed E-state index contributed by atoms with van der Waals surface area (Å²) in [6, 6.07) is 5.66. The van der Waals surface area contributed by atoms with Gasteiger partial charge in [0.25, 0.3) is 0 Å². The summed E-state index contributed by atoms with van der Waals surface area (Å²) < 4.78 is 38.8. The first-order valence-corrected chi connectivity index (χ1v) is 9.16. The Hall–Kier alpha value is -1.72. The number of nitrogens with zero attached hydrogens (tertiary/aromatic N) is 1. The SMILES string of the molecule is O=C(NC1CCCCC1)C1CCCN(c2cccc(C(F)(F)F)c2)C1. The van der Waals surface area contributed by atoms with Crippen molar-refractivity contribution < 1.29 is 18.0 Å². The van der Waals surface area contributed by atoms with Gasteiger partial charge in [-0.1, -0.05) is 25.3 Å². The van der Waals surface area contributed by atoms with Gasteiger partial charge < -0.3 is 10.2 Å². The lowest BCUT2D eigenvalue weighted by Crippen LogP contribution is -2.46. The number of carbonyl (C=O) groups excluding carboxylic acids is 1. The molecule has 138 valence electrons. The van der Waals surface area contributed by atoms with Crippen LogP contribution in [0.1, 0.15) is 50.5 Å². The molecule has 3 rings (SSSR count). The molecule has 1 amide bonds. The average molecular weight is 354 g/mol. The third kappa shape index (κ3) is 4.67. The van der Waals surface area contributed by atoms with E-state index in [0.717, 1.165) is 44.6 Å². The number of benzene rings is 1. The minimum absolute atomic E-state index is 0.0589. The van der Waals surface area contributed by atoms with Gasteiger partial charge in [0.05, 0.1) is 11.5 Å². The molecule has 1 unspecified atom stereocenters. The fourth-order valence-electron chi connectivity index (χ4n) is 3.87. The Morgan fingerprint density at radius 3 is 2.56 bits per heavy atom. The maximum atomic E-state index is 12.9. The van der Waals surface area contributed by atoms with Crippen molar-refractivity contribution in [2.24, 2.45) is 5.92 Å². The molecule has 1 atom stereocenters. The maximum absolute atomic E-state index is 12.9. The molecule has 0 aromatic heterocycles. The van der Waals surface area contributed by atoms with Crippen LogP contribution < -0.4 is 10.2 Å². The molecular formula is C19H25F3N2O. The smallest absolute Gasteiger partial charge is 0.371 e. The molecule has 1 N–H and O–H groups in total. The van der Waals surface area contributed by atoms with Gasteiger partial charge in [-0.05, 0) is 43.9 Å². The van der Waals surface area contributed by atoms with Crippen LogP contribution in [-0.2, 0) is 11.0 Å². The number of nitrogens with one attached hydrogen (secondary N) is 1. The van der Waals surface area contributed by atoms with Crippen LogP contribution in [0.3, 0.4) is 0 Å². The molecular weight excluding hydrogens is 329 g/mol. The minimum Gasteiger partial charge on any atom is -0.371 e. The Morgan fingerprint density at radius 1 is 1.08 bits per heavy atom. The first-order valence-electron chi connectivity index (χ1n) is 9.16. The summed E-state index contributed by atoms with van der Waals surface area (Å²) >= 11 is 0. The van der Waals surface area contributed by atoms with Gasteiger partial charge in [0.15, 0.2) is 0 Å². The van der Waals surface area contributed by atoms with E-state index in [0.29, 0.717) is 18.8 Å². The summed E-state index contributed by atoms with van der Waals surface area (Å²) in [5, 5.41) is 3.15. The van der Waals surface area contributed by atoms with Gasteiger partial charge in [0.1, 0.15) is 0 Å². The Kier molecular flexibility index (Phi) is 5.54. The fraction of sp³-hybridized carbons (Fsp3) is 0.632. The van der Waals surface area contributed by atoms with Crippen molar-refractivity contribution >= 4 is 11.6 Å².